The van der Waals surface area contributed by atoms with Crippen LogP contribution in [0.15, 0.2) is 24.3 Å². The van der Waals surface area contributed by atoms with Crippen LogP contribution in [0.25, 0.3) is 11.3 Å². The molecule has 0 radical (unpaired) electrons. The van der Waals surface area contributed by atoms with E-state index in [1.165, 1.54) is 4.90 Å². The van der Waals surface area contributed by atoms with Gasteiger partial charge in [0.25, 0.3) is 5.91 Å². The molecule has 4 rings (SSSR count). The molecule has 1 saturated carbocycles. The summed E-state index contributed by atoms with van der Waals surface area (Å²) in [7, 11) is 0. The molecule has 1 saturated heterocycles. The fourth-order valence-electron chi connectivity index (χ4n) is 3.70. The van der Waals surface area contributed by atoms with Gasteiger partial charge < -0.3 is 15.3 Å². The van der Waals surface area contributed by atoms with E-state index in [-0.39, 0.29) is 18.0 Å². The molecule has 2 N–H and O–H groups in total. The zero-order valence-electron chi connectivity index (χ0n) is 16.4. The molecule has 2 aliphatic rings. The van der Waals surface area contributed by atoms with E-state index in [9.17, 15) is 9.59 Å². The summed E-state index contributed by atoms with van der Waals surface area (Å²) < 4.78 is 1.77. The van der Waals surface area contributed by atoms with Crippen LogP contribution in [0.4, 0.5) is 4.79 Å². The van der Waals surface area contributed by atoms with Crippen LogP contribution in [0.2, 0.25) is 0 Å². The van der Waals surface area contributed by atoms with Crippen LogP contribution in [0.3, 0.4) is 0 Å². The highest BCUT2D eigenvalue weighted by Crippen LogP contribution is 2.46. The monoisotopic (exact) mass is 393 g/mol. The lowest BCUT2D eigenvalue weighted by Gasteiger charge is -2.37. The zero-order valence-corrected chi connectivity index (χ0v) is 16.4. The Hall–Kier alpha value is -3.34. The van der Waals surface area contributed by atoms with Gasteiger partial charge in [-0.15, -0.1) is 0 Å². The molecule has 2 heterocycles. The largest absolute Gasteiger partial charge is 0.465 e. The third-order valence-corrected chi connectivity index (χ3v) is 5.41. The van der Waals surface area contributed by atoms with Gasteiger partial charge in [0.15, 0.2) is 0 Å². The van der Waals surface area contributed by atoms with Gasteiger partial charge >= 0.3 is 6.09 Å². The van der Waals surface area contributed by atoms with E-state index in [1.54, 1.807) is 16.8 Å². The van der Waals surface area contributed by atoms with Crippen molar-refractivity contribution in [3.63, 3.8) is 0 Å². The van der Waals surface area contributed by atoms with Crippen LogP contribution in [0, 0.1) is 11.3 Å². The number of benzene rings is 1. The van der Waals surface area contributed by atoms with Crippen molar-refractivity contribution in [2.24, 2.45) is 0 Å². The van der Waals surface area contributed by atoms with Crippen molar-refractivity contribution in [1.82, 2.24) is 20.0 Å². The molecular weight excluding hydrogens is 370 g/mol. The van der Waals surface area contributed by atoms with E-state index in [0.29, 0.717) is 30.3 Å². The predicted molar refractivity (Wildman–Crippen MR) is 106 cm³/mol. The first-order chi connectivity index (χ1) is 13.9. The third kappa shape index (κ3) is 3.56. The van der Waals surface area contributed by atoms with Gasteiger partial charge in [-0.05, 0) is 44.7 Å². The average molecular weight is 393 g/mol. The number of carbonyl (C=O) groups is 2. The number of amides is 2. The standard InChI is InChI=1S/C21H23N5O3/c1-12(2)26-19(20(27)23-16-10-25(11-16)21(28)29)17(14-7-8-14)18(24-26)15-5-3-13(9-22)4-6-15/h3-6,12,14,16H,7-8,10-11H2,1-2H3,(H,23,27)(H,28,29). The number of nitrogens with zero attached hydrogens (tertiary/aromatic N) is 4. The normalized spacial score (nSPS) is 16.4. The van der Waals surface area contributed by atoms with Gasteiger partial charge in [0.1, 0.15) is 5.69 Å². The highest BCUT2D eigenvalue weighted by molar-refractivity contribution is 5.96. The first-order valence-corrected chi connectivity index (χ1v) is 9.80. The van der Waals surface area contributed by atoms with Crippen LogP contribution >= 0.6 is 0 Å². The summed E-state index contributed by atoms with van der Waals surface area (Å²) >= 11 is 0. The van der Waals surface area contributed by atoms with Crippen molar-refractivity contribution >= 4 is 12.0 Å². The molecular formula is C21H23N5O3. The molecule has 0 unspecified atom stereocenters. The first-order valence-electron chi connectivity index (χ1n) is 9.80. The molecule has 1 aliphatic heterocycles. The molecule has 1 aromatic carbocycles. The zero-order chi connectivity index (χ0) is 20.7. The minimum Gasteiger partial charge on any atom is -0.465 e. The molecule has 2 amide bonds. The fourth-order valence-corrected chi connectivity index (χ4v) is 3.70. The van der Waals surface area contributed by atoms with E-state index >= 15 is 0 Å². The van der Waals surface area contributed by atoms with Crippen molar-refractivity contribution < 1.29 is 14.7 Å². The summed E-state index contributed by atoms with van der Waals surface area (Å²) in [6.07, 6.45) is 1.07. The molecule has 0 bridgehead atoms. The number of rotatable bonds is 5. The molecule has 29 heavy (non-hydrogen) atoms. The molecule has 2 aromatic rings. The molecule has 0 spiro atoms. The number of aromatic nitrogens is 2. The highest BCUT2D eigenvalue weighted by Gasteiger charge is 2.38. The van der Waals surface area contributed by atoms with Crippen LogP contribution < -0.4 is 5.32 Å². The molecule has 8 nitrogen and oxygen atoms in total. The summed E-state index contributed by atoms with van der Waals surface area (Å²) in [5, 5.41) is 25.8. The van der Waals surface area contributed by atoms with Gasteiger partial charge in [0.05, 0.1) is 23.4 Å². The Morgan fingerprint density at radius 3 is 2.41 bits per heavy atom. The van der Waals surface area contributed by atoms with E-state index < -0.39 is 6.09 Å². The lowest BCUT2D eigenvalue weighted by atomic mass is 10.00. The van der Waals surface area contributed by atoms with Crippen LogP contribution in [-0.4, -0.2) is 50.9 Å². The maximum atomic E-state index is 13.2. The highest BCUT2D eigenvalue weighted by atomic mass is 16.4. The number of hydrogen-bond acceptors (Lipinski definition) is 4. The van der Waals surface area contributed by atoms with E-state index in [0.717, 1.165) is 29.7 Å². The number of carboxylic acid groups (broad SMARTS) is 1. The molecule has 8 heteroatoms. The van der Waals surface area contributed by atoms with Gasteiger partial charge in [0.2, 0.25) is 0 Å². The lowest BCUT2D eigenvalue weighted by molar-refractivity contribution is 0.0758. The molecule has 150 valence electrons. The quantitative estimate of drug-likeness (QED) is 0.811. The Morgan fingerprint density at radius 1 is 1.24 bits per heavy atom. The fraction of sp³-hybridized carbons (Fsp3) is 0.429. The summed E-state index contributed by atoms with van der Waals surface area (Å²) in [4.78, 5) is 25.4. The first kappa shape index (κ1) is 19.0. The Kier molecular flexibility index (Phi) is 4.74. The van der Waals surface area contributed by atoms with Crippen LogP contribution in [-0.2, 0) is 0 Å². The molecule has 1 aromatic heterocycles. The second-order valence-corrected chi connectivity index (χ2v) is 7.97. The van der Waals surface area contributed by atoms with Crippen molar-refractivity contribution in [1.29, 1.82) is 5.26 Å². The minimum absolute atomic E-state index is 0.00251. The Morgan fingerprint density at radius 2 is 1.90 bits per heavy atom. The number of nitriles is 1. The number of carbonyl (C=O) groups excluding carboxylic acids is 1. The van der Waals surface area contributed by atoms with Crippen molar-refractivity contribution in [2.75, 3.05) is 13.1 Å². The maximum Gasteiger partial charge on any atom is 0.407 e. The Balaban J connectivity index is 1.69. The number of nitrogens with one attached hydrogen (secondary N) is 1. The van der Waals surface area contributed by atoms with Gasteiger partial charge in [-0.3, -0.25) is 9.48 Å². The third-order valence-electron chi connectivity index (χ3n) is 5.41. The molecule has 1 aliphatic carbocycles. The van der Waals surface area contributed by atoms with Gasteiger partial charge in [-0.25, -0.2) is 4.79 Å². The Labute approximate surface area is 168 Å². The van der Waals surface area contributed by atoms with Crippen molar-refractivity contribution in [3.05, 3.63) is 41.1 Å². The second-order valence-electron chi connectivity index (χ2n) is 7.97. The van der Waals surface area contributed by atoms with Crippen molar-refractivity contribution in [2.45, 2.75) is 44.7 Å². The number of hydrogen-bond donors (Lipinski definition) is 2. The van der Waals surface area contributed by atoms with Gasteiger partial charge in [-0.1, -0.05) is 12.1 Å². The SMILES string of the molecule is CC(C)n1nc(-c2ccc(C#N)cc2)c(C2CC2)c1C(=O)NC1CN(C(=O)O)C1. The van der Waals surface area contributed by atoms with E-state index in [2.05, 4.69) is 11.4 Å². The topological polar surface area (TPSA) is 111 Å². The summed E-state index contributed by atoms with van der Waals surface area (Å²) in [6, 6.07) is 9.19. The maximum absolute atomic E-state index is 13.2. The predicted octanol–water partition coefficient (Wildman–Crippen LogP) is 2.97. The van der Waals surface area contributed by atoms with Gasteiger partial charge in [-0.2, -0.15) is 10.4 Å². The molecule has 0 atom stereocenters. The summed E-state index contributed by atoms with van der Waals surface area (Å²) in [6.45, 7) is 4.58. The summed E-state index contributed by atoms with van der Waals surface area (Å²) in [5.74, 6) is 0.0915. The smallest absolute Gasteiger partial charge is 0.407 e. The second kappa shape index (κ2) is 7.24. The lowest BCUT2D eigenvalue weighted by Crippen LogP contribution is -2.60. The summed E-state index contributed by atoms with van der Waals surface area (Å²) in [5.41, 5.74) is 3.78. The van der Waals surface area contributed by atoms with Gasteiger partial charge in [0, 0.05) is 30.3 Å². The Bertz CT molecular complexity index is 993. The molecule has 2 fully saturated rings. The minimum atomic E-state index is -0.968. The number of likely N-dealkylation sites (tertiary alicyclic amines) is 1. The average Bonchev–Trinajstić information content (AvgIpc) is 3.42. The van der Waals surface area contributed by atoms with Crippen molar-refractivity contribution in [3.8, 4) is 17.3 Å². The van der Waals surface area contributed by atoms with Crippen LogP contribution in [0.1, 0.15) is 60.3 Å². The van der Waals surface area contributed by atoms with Crippen LogP contribution in [0.5, 0.6) is 0 Å². The van der Waals surface area contributed by atoms with E-state index in [1.807, 2.05) is 26.0 Å². The van der Waals surface area contributed by atoms with E-state index in [4.69, 9.17) is 15.5 Å².